The monoisotopic (exact) mass is 212 g/mol. The van der Waals surface area contributed by atoms with Crippen LogP contribution in [0.4, 0.5) is 5.00 Å². The van der Waals surface area contributed by atoms with E-state index in [9.17, 15) is 14.9 Å². The third-order valence-electron chi connectivity index (χ3n) is 1.70. The van der Waals surface area contributed by atoms with E-state index in [1.165, 1.54) is 12.1 Å². The lowest BCUT2D eigenvalue weighted by Gasteiger charge is -1.84. The van der Waals surface area contributed by atoms with Gasteiger partial charge in [-0.05, 0) is 6.07 Å². The van der Waals surface area contributed by atoms with Crippen molar-refractivity contribution in [1.82, 2.24) is 4.98 Å². The number of hydrogen-bond donors (Lipinski definition) is 2. The first-order chi connectivity index (χ1) is 6.58. The molecule has 0 unspecified atom stereocenters. The van der Waals surface area contributed by atoms with Crippen LogP contribution in [-0.2, 0) is 0 Å². The molecule has 2 aromatic heterocycles. The Kier molecular flexibility index (Phi) is 1.74. The SMILES string of the molecule is O=C(O)c1cc2sc([N+](=O)[O-])cc2[nH]1. The molecule has 0 aromatic carbocycles. The Morgan fingerprint density at radius 2 is 2.29 bits per heavy atom. The van der Waals surface area contributed by atoms with E-state index in [2.05, 4.69) is 4.98 Å². The molecule has 72 valence electrons. The lowest BCUT2D eigenvalue weighted by molar-refractivity contribution is -0.380. The minimum Gasteiger partial charge on any atom is -0.477 e. The van der Waals surface area contributed by atoms with Crippen molar-refractivity contribution in [3.8, 4) is 0 Å². The molecule has 0 saturated heterocycles. The maximum atomic E-state index is 10.5. The lowest BCUT2D eigenvalue weighted by Crippen LogP contribution is -1.94. The van der Waals surface area contributed by atoms with Gasteiger partial charge in [-0.2, -0.15) is 0 Å². The van der Waals surface area contributed by atoms with Crippen molar-refractivity contribution in [3.05, 3.63) is 27.9 Å². The van der Waals surface area contributed by atoms with E-state index in [-0.39, 0.29) is 10.7 Å². The highest BCUT2D eigenvalue weighted by Gasteiger charge is 2.15. The molecule has 0 aliphatic heterocycles. The van der Waals surface area contributed by atoms with E-state index in [0.717, 1.165) is 11.3 Å². The zero-order chi connectivity index (χ0) is 10.3. The molecule has 2 N–H and O–H groups in total. The van der Waals surface area contributed by atoms with E-state index in [4.69, 9.17) is 5.11 Å². The molecule has 0 saturated carbocycles. The fourth-order valence-electron chi connectivity index (χ4n) is 1.11. The number of thiophene rings is 1. The normalized spacial score (nSPS) is 10.6. The van der Waals surface area contributed by atoms with Gasteiger partial charge >= 0.3 is 11.0 Å². The van der Waals surface area contributed by atoms with Crippen LogP contribution in [0.25, 0.3) is 10.2 Å². The van der Waals surface area contributed by atoms with E-state index in [1.54, 1.807) is 0 Å². The summed E-state index contributed by atoms with van der Waals surface area (Å²) in [5.74, 6) is -1.07. The van der Waals surface area contributed by atoms with Gasteiger partial charge in [0.15, 0.2) is 0 Å². The molecular formula is C7H4N2O4S. The first-order valence-electron chi connectivity index (χ1n) is 3.58. The van der Waals surface area contributed by atoms with Crippen molar-refractivity contribution in [1.29, 1.82) is 0 Å². The smallest absolute Gasteiger partial charge is 0.352 e. The fraction of sp³-hybridized carbons (Fsp3) is 0. The molecule has 6 nitrogen and oxygen atoms in total. The van der Waals surface area contributed by atoms with Crippen LogP contribution in [0.15, 0.2) is 12.1 Å². The summed E-state index contributed by atoms with van der Waals surface area (Å²) < 4.78 is 0.578. The van der Waals surface area contributed by atoms with Crippen molar-refractivity contribution >= 4 is 32.5 Å². The molecule has 0 fully saturated rings. The third-order valence-corrected chi connectivity index (χ3v) is 2.74. The number of nitrogens with one attached hydrogen (secondary N) is 1. The van der Waals surface area contributed by atoms with Gasteiger partial charge in [-0.15, -0.1) is 0 Å². The predicted molar refractivity (Wildman–Crippen MR) is 49.8 cm³/mol. The van der Waals surface area contributed by atoms with Crippen LogP contribution in [0, 0.1) is 10.1 Å². The zero-order valence-electron chi connectivity index (χ0n) is 6.68. The number of nitro groups is 1. The quantitative estimate of drug-likeness (QED) is 0.586. The van der Waals surface area contributed by atoms with Gasteiger partial charge in [-0.1, -0.05) is 11.3 Å². The van der Waals surface area contributed by atoms with Crippen LogP contribution < -0.4 is 0 Å². The minimum atomic E-state index is -1.07. The zero-order valence-corrected chi connectivity index (χ0v) is 7.50. The number of nitrogens with zero attached hydrogens (tertiary/aromatic N) is 1. The molecule has 0 radical (unpaired) electrons. The van der Waals surface area contributed by atoms with Gasteiger partial charge in [0.1, 0.15) is 5.69 Å². The summed E-state index contributed by atoms with van der Waals surface area (Å²) in [4.78, 5) is 23.0. The summed E-state index contributed by atoms with van der Waals surface area (Å²) in [6.45, 7) is 0. The molecule has 0 atom stereocenters. The Morgan fingerprint density at radius 3 is 2.79 bits per heavy atom. The van der Waals surface area contributed by atoms with Crippen molar-refractivity contribution in [2.24, 2.45) is 0 Å². The Morgan fingerprint density at radius 1 is 1.57 bits per heavy atom. The van der Waals surface area contributed by atoms with Crippen LogP contribution in [-0.4, -0.2) is 21.0 Å². The lowest BCUT2D eigenvalue weighted by atomic mass is 10.4. The summed E-state index contributed by atoms with van der Waals surface area (Å²) in [7, 11) is 0. The van der Waals surface area contributed by atoms with Gasteiger partial charge in [-0.25, -0.2) is 4.79 Å². The summed E-state index contributed by atoms with van der Waals surface area (Å²) in [5, 5.41) is 19.0. The number of rotatable bonds is 2. The van der Waals surface area contributed by atoms with Crippen molar-refractivity contribution in [3.63, 3.8) is 0 Å². The summed E-state index contributed by atoms with van der Waals surface area (Å²) in [6.07, 6.45) is 0. The van der Waals surface area contributed by atoms with E-state index >= 15 is 0 Å². The van der Waals surface area contributed by atoms with Gasteiger partial charge in [0.05, 0.1) is 21.2 Å². The first kappa shape index (κ1) is 8.70. The summed E-state index contributed by atoms with van der Waals surface area (Å²) >= 11 is 0.950. The van der Waals surface area contributed by atoms with Crippen molar-refractivity contribution in [2.45, 2.75) is 0 Å². The predicted octanol–water partition coefficient (Wildman–Crippen LogP) is 1.84. The average Bonchev–Trinajstić information content (AvgIpc) is 2.57. The standard InChI is InChI=1S/C7H4N2O4S/c10-7(11)4-1-5-3(8-4)2-6(14-5)9(12)13/h1-2,8H,(H,10,11). The first-order valence-corrected chi connectivity index (χ1v) is 4.40. The molecule has 2 aromatic rings. The van der Waals surface area contributed by atoms with Gasteiger partial charge < -0.3 is 10.1 Å². The Labute approximate surface area is 80.9 Å². The number of fused-ring (bicyclic) bond motifs is 1. The maximum Gasteiger partial charge on any atom is 0.352 e. The number of carboxylic acid groups (broad SMARTS) is 1. The van der Waals surface area contributed by atoms with Gasteiger partial charge in [0.2, 0.25) is 0 Å². The van der Waals surface area contributed by atoms with E-state index < -0.39 is 10.9 Å². The van der Waals surface area contributed by atoms with Crippen molar-refractivity contribution < 1.29 is 14.8 Å². The molecule has 2 rings (SSSR count). The minimum absolute atomic E-state index is 0.00295. The third kappa shape index (κ3) is 1.23. The highest BCUT2D eigenvalue weighted by atomic mass is 32.1. The number of H-pyrrole nitrogens is 1. The topological polar surface area (TPSA) is 96.2 Å². The Hall–Kier alpha value is -1.89. The largest absolute Gasteiger partial charge is 0.477 e. The van der Waals surface area contributed by atoms with Crippen LogP contribution in [0.5, 0.6) is 0 Å². The summed E-state index contributed by atoms with van der Waals surface area (Å²) in [6, 6.07) is 2.71. The fourth-order valence-corrected chi connectivity index (χ4v) is 1.99. The van der Waals surface area contributed by atoms with E-state index in [0.29, 0.717) is 10.2 Å². The second-order valence-corrected chi connectivity index (χ2v) is 3.67. The maximum absolute atomic E-state index is 10.5. The molecule has 2 heterocycles. The van der Waals surface area contributed by atoms with Crippen LogP contribution in [0.1, 0.15) is 10.5 Å². The molecule has 0 aliphatic rings. The molecular weight excluding hydrogens is 208 g/mol. The molecule has 0 aliphatic carbocycles. The number of hydrogen-bond acceptors (Lipinski definition) is 4. The molecule has 14 heavy (non-hydrogen) atoms. The number of carboxylic acids is 1. The van der Waals surface area contributed by atoms with E-state index in [1.807, 2.05) is 0 Å². The van der Waals surface area contributed by atoms with Gasteiger partial charge in [0, 0.05) is 0 Å². The van der Waals surface area contributed by atoms with Crippen LogP contribution >= 0.6 is 11.3 Å². The highest BCUT2D eigenvalue weighted by molar-refractivity contribution is 7.22. The second kappa shape index (κ2) is 2.81. The van der Waals surface area contributed by atoms with Crippen LogP contribution in [0.3, 0.4) is 0 Å². The van der Waals surface area contributed by atoms with Crippen molar-refractivity contribution in [2.75, 3.05) is 0 Å². The highest BCUT2D eigenvalue weighted by Crippen LogP contribution is 2.31. The molecule has 7 heteroatoms. The number of aromatic nitrogens is 1. The molecule has 0 spiro atoms. The Balaban J connectivity index is 2.56. The second-order valence-electron chi connectivity index (χ2n) is 2.61. The van der Waals surface area contributed by atoms with Crippen LogP contribution in [0.2, 0.25) is 0 Å². The number of aromatic amines is 1. The molecule has 0 amide bonds. The van der Waals surface area contributed by atoms with Gasteiger partial charge in [-0.3, -0.25) is 10.1 Å². The Bertz CT molecular complexity index is 452. The average molecular weight is 212 g/mol. The van der Waals surface area contributed by atoms with Gasteiger partial charge in [0.25, 0.3) is 0 Å². The number of carbonyl (C=O) groups is 1. The summed E-state index contributed by atoms with van der Waals surface area (Å²) in [5.41, 5.74) is 0.528. The number of aromatic carboxylic acids is 1. The molecule has 0 bridgehead atoms.